The highest BCUT2D eigenvalue weighted by atomic mass is 35.5. The average molecular weight is 183 g/mol. The van der Waals surface area contributed by atoms with Crippen molar-refractivity contribution in [2.45, 2.75) is 0 Å². The second kappa shape index (κ2) is 4.54. The molecule has 0 aromatic rings. The first-order valence-electron chi connectivity index (χ1n) is 3.21. The summed E-state index contributed by atoms with van der Waals surface area (Å²) in [6.45, 7) is 1.10. The fourth-order valence-corrected chi connectivity index (χ4v) is 0.444. The van der Waals surface area contributed by atoms with Crippen molar-refractivity contribution < 1.29 is 19.1 Å². The highest BCUT2D eigenvalue weighted by Crippen LogP contribution is 1.92. The number of rotatable bonds is 4. The van der Waals surface area contributed by atoms with E-state index in [-0.39, 0.29) is 0 Å². The summed E-state index contributed by atoms with van der Waals surface area (Å²) in [5, 5.41) is 0. The van der Waals surface area contributed by atoms with Gasteiger partial charge in [-0.1, -0.05) is 0 Å². The third kappa shape index (κ3) is 9.68. The van der Waals surface area contributed by atoms with Gasteiger partial charge in [-0.2, -0.15) is 4.89 Å². The minimum Gasteiger partial charge on any atom is -0.329 e. The Morgan fingerprint density at radius 2 is 2.00 bits per heavy atom. The summed E-state index contributed by atoms with van der Waals surface area (Å²) in [5.41, 5.74) is -0.939. The zero-order chi connectivity index (χ0) is 8.91. The topological polar surface area (TPSA) is 35.5 Å². The fourth-order valence-electron chi connectivity index (χ4n) is 0.399. The van der Waals surface area contributed by atoms with Crippen LogP contribution in [-0.2, 0) is 9.78 Å². The molecule has 0 saturated heterocycles. The molecule has 0 saturated carbocycles. The van der Waals surface area contributed by atoms with Gasteiger partial charge in [-0.15, -0.1) is 0 Å². The SMILES string of the molecule is C[N+](C)(C)CCOOC(=O)Cl. The van der Waals surface area contributed by atoms with Crippen LogP contribution in [0.25, 0.3) is 0 Å². The predicted octanol–water partition coefficient (Wildman–Crippen LogP) is 1.000. The lowest BCUT2D eigenvalue weighted by molar-refractivity contribution is -0.871. The van der Waals surface area contributed by atoms with E-state index in [0.717, 1.165) is 11.0 Å². The molecule has 0 radical (unpaired) electrons. The molecular weight excluding hydrogens is 170 g/mol. The van der Waals surface area contributed by atoms with Crippen LogP contribution >= 0.6 is 11.6 Å². The lowest BCUT2D eigenvalue weighted by atomic mass is 10.5. The standard InChI is InChI=1S/C6H13ClNO3/c1-8(2,3)4-5-10-11-6(7)9/h4-5H2,1-3H3/q+1. The largest absolute Gasteiger partial charge is 0.435 e. The van der Waals surface area contributed by atoms with E-state index in [1.165, 1.54) is 0 Å². The van der Waals surface area contributed by atoms with Crippen molar-refractivity contribution in [3.8, 4) is 0 Å². The van der Waals surface area contributed by atoms with E-state index in [1.54, 1.807) is 0 Å². The van der Waals surface area contributed by atoms with E-state index < -0.39 is 5.43 Å². The van der Waals surface area contributed by atoms with Gasteiger partial charge in [0.05, 0.1) is 21.1 Å². The van der Waals surface area contributed by atoms with Gasteiger partial charge in [-0.05, 0) is 0 Å². The summed E-state index contributed by atoms with van der Waals surface area (Å²) in [4.78, 5) is 18.5. The highest BCUT2D eigenvalue weighted by Gasteiger charge is 2.07. The first-order valence-corrected chi connectivity index (χ1v) is 3.59. The zero-order valence-electron chi connectivity index (χ0n) is 6.96. The van der Waals surface area contributed by atoms with Crippen molar-refractivity contribution in [3.05, 3.63) is 0 Å². The summed E-state index contributed by atoms with van der Waals surface area (Å²) in [6, 6.07) is 0. The van der Waals surface area contributed by atoms with Crippen LogP contribution < -0.4 is 0 Å². The van der Waals surface area contributed by atoms with Crippen LogP contribution in [0.4, 0.5) is 4.79 Å². The summed E-state index contributed by atoms with van der Waals surface area (Å²) in [5.74, 6) is 0. The number of likely N-dealkylation sites (N-methyl/N-ethyl adjacent to an activating group) is 1. The highest BCUT2D eigenvalue weighted by molar-refractivity contribution is 6.61. The van der Waals surface area contributed by atoms with Gasteiger partial charge in [0.2, 0.25) is 0 Å². The molecule has 0 atom stereocenters. The van der Waals surface area contributed by atoms with Crippen molar-refractivity contribution in [3.63, 3.8) is 0 Å². The Labute approximate surface area is 71.2 Å². The fraction of sp³-hybridized carbons (Fsp3) is 0.833. The number of nitrogens with zero attached hydrogens (tertiary/aromatic N) is 1. The number of carbonyl (C=O) groups is 1. The normalized spacial score (nSPS) is 11.3. The number of hydrogen-bond acceptors (Lipinski definition) is 3. The van der Waals surface area contributed by atoms with Crippen LogP contribution in [0, 0.1) is 0 Å². The van der Waals surface area contributed by atoms with Gasteiger partial charge in [0.15, 0.2) is 0 Å². The minimum absolute atomic E-state index is 0.349. The molecular formula is C6H13ClNO3+. The lowest BCUT2D eigenvalue weighted by Gasteiger charge is -2.22. The van der Waals surface area contributed by atoms with Crippen molar-refractivity contribution in [2.75, 3.05) is 34.3 Å². The molecule has 0 aliphatic heterocycles. The first-order chi connectivity index (χ1) is 4.92. The molecule has 0 aliphatic rings. The molecule has 0 unspecified atom stereocenters. The van der Waals surface area contributed by atoms with E-state index in [9.17, 15) is 4.79 Å². The Bertz CT molecular complexity index is 132. The maximum atomic E-state index is 9.98. The molecule has 0 aliphatic carbocycles. The van der Waals surface area contributed by atoms with E-state index in [0.29, 0.717) is 6.61 Å². The first kappa shape index (κ1) is 10.7. The zero-order valence-corrected chi connectivity index (χ0v) is 7.72. The van der Waals surface area contributed by atoms with Crippen molar-refractivity contribution >= 4 is 17.0 Å². The van der Waals surface area contributed by atoms with E-state index in [2.05, 4.69) is 9.78 Å². The van der Waals surface area contributed by atoms with Crippen LogP contribution in [0.5, 0.6) is 0 Å². The third-order valence-electron chi connectivity index (χ3n) is 0.970. The third-order valence-corrected chi connectivity index (χ3v) is 1.03. The van der Waals surface area contributed by atoms with Crippen molar-refractivity contribution in [2.24, 2.45) is 0 Å². The van der Waals surface area contributed by atoms with Gasteiger partial charge in [0, 0.05) is 11.6 Å². The summed E-state index contributed by atoms with van der Waals surface area (Å²) in [6.07, 6.45) is 0. The summed E-state index contributed by atoms with van der Waals surface area (Å²) < 4.78 is 0.750. The number of halogens is 1. The van der Waals surface area contributed by atoms with Crippen LogP contribution in [0.1, 0.15) is 0 Å². The van der Waals surface area contributed by atoms with Crippen molar-refractivity contribution in [1.29, 1.82) is 0 Å². The van der Waals surface area contributed by atoms with Gasteiger partial charge >= 0.3 is 5.43 Å². The molecule has 0 N–H and O–H groups in total. The Morgan fingerprint density at radius 3 is 2.36 bits per heavy atom. The molecule has 11 heavy (non-hydrogen) atoms. The lowest BCUT2D eigenvalue weighted by Crippen LogP contribution is -2.37. The maximum Gasteiger partial charge on any atom is 0.435 e. The van der Waals surface area contributed by atoms with E-state index in [1.807, 2.05) is 21.1 Å². The number of carbonyl (C=O) groups excluding carboxylic acids is 1. The molecule has 0 fully saturated rings. The van der Waals surface area contributed by atoms with Crippen LogP contribution in [0.3, 0.4) is 0 Å². The molecule has 0 aromatic heterocycles. The summed E-state index contributed by atoms with van der Waals surface area (Å²) in [7, 11) is 6.02. The maximum absolute atomic E-state index is 9.98. The van der Waals surface area contributed by atoms with Crippen LogP contribution in [0.2, 0.25) is 0 Å². The summed E-state index contributed by atoms with van der Waals surface area (Å²) >= 11 is 4.84. The molecule has 66 valence electrons. The molecule has 5 heteroatoms. The minimum atomic E-state index is -0.939. The molecule has 0 spiro atoms. The number of quaternary nitrogens is 1. The Morgan fingerprint density at radius 1 is 1.45 bits per heavy atom. The van der Waals surface area contributed by atoms with Crippen LogP contribution in [0.15, 0.2) is 0 Å². The Kier molecular flexibility index (Phi) is 4.40. The Balaban J connectivity index is 3.22. The Hall–Kier alpha value is -0.320. The van der Waals surface area contributed by atoms with Gasteiger partial charge in [-0.3, -0.25) is 4.89 Å². The predicted molar refractivity (Wildman–Crippen MR) is 41.2 cm³/mol. The van der Waals surface area contributed by atoms with Gasteiger partial charge < -0.3 is 4.48 Å². The average Bonchev–Trinajstić information content (AvgIpc) is 1.78. The molecule has 0 heterocycles. The second-order valence-corrected chi connectivity index (χ2v) is 3.47. The molecule has 0 rings (SSSR count). The smallest absolute Gasteiger partial charge is 0.329 e. The quantitative estimate of drug-likeness (QED) is 0.214. The monoisotopic (exact) mass is 182 g/mol. The van der Waals surface area contributed by atoms with Crippen molar-refractivity contribution in [1.82, 2.24) is 0 Å². The van der Waals surface area contributed by atoms with Gasteiger partial charge in [0.1, 0.15) is 13.2 Å². The molecule has 0 bridgehead atoms. The van der Waals surface area contributed by atoms with E-state index >= 15 is 0 Å². The second-order valence-electron chi connectivity index (χ2n) is 3.16. The van der Waals surface area contributed by atoms with Crippen LogP contribution in [-0.4, -0.2) is 44.2 Å². The van der Waals surface area contributed by atoms with Gasteiger partial charge in [0.25, 0.3) is 0 Å². The van der Waals surface area contributed by atoms with Gasteiger partial charge in [-0.25, -0.2) is 4.79 Å². The molecule has 4 nitrogen and oxygen atoms in total. The van der Waals surface area contributed by atoms with E-state index in [4.69, 9.17) is 11.6 Å². The molecule has 0 aromatic carbocycles. The number of hydrogen-bond donors (Lipinski definition) is 0. The molecule has 0 amide bonds.